The summed E-state index contributed by atoms with van der Waals surface area (Å²) in [5, 5.41) is 0.504. The summed E-state index contributed by atoms with van der Waals surface area (Å²) in [6.45, 7) is 1.58. The van der Waals surface area contributed by atoms with Gasteiger partial charge in [0.15, 0.2) is 11.4 Å². The summed E-state index contributed by atoms with van der Waals surface area (Å²) in [4.78, 5) is 11.9. The van der Waals surface area contributed by atoms with Crippen molar-refractivity contribution < 1.29 is 8.81 Å². The second kappa shape index (κ2) is 4.51. The third-order valence-corrected chi connectivity index (χ3v) is 3.33. The summed E-state index contributed by atoms with van der Waals surface area (Å²) in [5.41, 5.74) is 7.78. The Bertz CT molecular complexity index is 759. The molecule has 3 aromatic rings. The highest BCUT2D eigenvalue weighted by molar-refractivity contribution is 7.99. The molecular formula is C12H9FN4OS. The fourth-order valence-electron chi connectivity index (χ4n) is 1.56. The summed E-state index contributed by atoms with van der Waals surface area (Å²) in [7, 11) is 0. The highest BCUT2D eigenvalue weighted by Crippen LogP contribution is 2.30. The predicted molar refractivity (Wildman–Crippen MR) is 69.3 cm³/mol. The van der Waals surface area contributed by atoms with Crippen LogP contribution in [0.2, 0.25) is 0 Å². The first-order valence-corrected chi connectivity index (χ1v) is 6.26. The molecule has 0 saturated heterocycles. The van der Waals surface area contributed by atoms with Crippen LogP contribution in [0.5, 0.6) is 0 Å². The Labute approximate surface area is 112 Å². The SMILES string of the molecule is Cc1ncnc(Sc2nc3cc(N)ccc3o2)c1F. The molecule has 0 radical (unpaired) electrons. The van der Waals surface area contributed by atoms with Crippen molar-refractivity contribution in [3.8, 4) is 0 Å². The molecular weight excluding hydrogens is 267 g/mol. The Morgan fingerprint density at radius 2 is 2.16 bits per heavy atom. The number of benzene rings is 1. The first-order valence-electron chi connectivity index (χ1n) is 5.44. The molecule has 0 amide bonds. The van der Waals surface area contributed by atoms with Gasteiger partial charge in [-0.25, -0.2) is 19.3 Å². The zero-order chi connectivity index (χ0) is 13.4. The van der Waals surface area contributed by atoms with Crippen LogP contribution in [0.4, 0.5) is 10.1 Å². The van der Waals surface area contributed by atoms with Gasteiger partial charge in [0, 0.05) is 5.69 Å². The number of aryl methyl sites for hydroxylation is 1. The van der Waals surface area contributed by atoms with Crippen molar-refractivity contribution in [2.45, 2.75) is 17.2 Å². The van der Waals surface area contributed by atoms with Crippen LogP contribution in [-0.4, -0.2) is 15.0 Å². The molecule has 0 bridgehead atoms. The van der Waals surface area contributed by atoms with Crippen molar-refractivity contribution in [1.82, 2.24) is 15.0 Å². The van der Waals surface area contributed by atoms with Crippen LogP contribution in [0.3, 0.4) is 0 Å². The minimum Gasteiger partial charge on any atom is -0.431 e. The maximum atomic E-state index is 13.8. The molecule has 0 aliphatic heterocycles. The molecule has 0 atom stereocenters. The monoisotopic (exact) mass is 276 g/mol. The largest absolute Gasteiger partial charge is 0.431 e. The normalized spacial score (nSPS) is 11.1. The van der Waals surface area contributed by atoms with Crippen molar-refractivity contribution in [2.75, 3.05) is 5.73 Å². The molecule has 19 heavy (non-hydrogen) atoms. The molecule has 2 aromatic heterocycles. The van der Waals surface area contributed by atoms with E-state index in [9.17, 15) is 4.39 Å². The number of nitrogens with two attached hydrogens (primary N) is 1. The maximum absolute atomic E-state index is 13.8. The van der Waals surface area contributed by atoms with Crippen molar-refractivity contribution >= 4 is 28.5 Å². The lowest BCUT2D eigenvalue weighted by molar-refractivity contribution is 0.487. The topological polar surface area (TPSA) is 77.8 Å². The van der Waals surface area contributed by atoms with E-state index in [0.717, 1.165) is 11.8 Å². The average Bonchev–Trinajstić information content (AvgIpc) is 2.76. The lowest BCUT2D eigenvalue weighted by Gasteiger charge is -1.99. The van der Waals surface area contributed by atoms with Gasteiger partial charge in [-0.05, 0) is 36.9 Å². The van der Waals surface area contributed by atoms with Crippen molar-refractivity contribution in [3.63, 3.8) is 0 Å². The minimum atomic E-state index is -0.464. The van der Waals surface area contributed by atoms with Gasteiger partial charge in [0.05, 0.1) is 5.69 Å². The molecule has 2 heterocycles. The smallest absolute Gasteiger partial charge is 0.263 e. The Kier molecular flexibility index (Phi) is 2.83. The maximum Gasteiger partial charge on any atom is 0.263 e. The molecule has 3 rings (SSSR count). The number of rotatable bonds is 2. The van der Waals surface area contributed by atoms with Crippen LogP contribution in [-0.2, 0) is 0 Å². The molecule has 0 fully saturated rings. The van der Waals surface area contributed by atoms with Gasteiger partial charge in [0.2, 0.25) is 0 Å². The molecule has 0 saturated carbocycles. The highest BCUT2D eigenvalue weighted by atomic mass is 32.2. The zero-order valence-electron chi connectivity index (χ0n) is 9.92. The van der Waals surface area contributed by atoms with Crippen LogP contribution in [0, 0.1) is 12.7 Å². The van der Waals surface area contributed by atoms with Crippen LogP contribution < -0.4 is 5.73 Å². The van der Waals surface area contributed by atoms with Gasteiger partial charge < -0.3 is 10.2 Å². The van der Waals surface area contributed by atoms with E-state index in [4.69, 9.17) is 10.2 Å². The first kappa shape index (κ1) is 11.9. The van der Waals surface area contributed by atoms with E-state index in [0.29, 0.717) is 22.0 Å². The van der Waals surface area contributed by atoms with E-state index in [2.05, 4.69) is 15.0 Å². The van der Waals surface area contributed by atoms with Gasteiger partial charge >= 0.3 is 0 Å². The number of nitrogen functional groups attached to an aromatic ring is 1. The lowest BCUT2D eigenvalue weighted by atomic mass is 10.3. The van der Waals surface area contributed by atoms with Gasteiger partial charge in [0.1, 0.15) is 16.9 Å². The van der Waals surface area contributed by atoms with E-state index < -0.39 is 5.82 Å². The number of nitrogens with zero attached hydrogens (tertiary/aromatic N) is 3. The zero-order valence-corrected chi connectivity index (χ0v) is 10.7. The molecule has 5 nitrogen and oxygen atoms in total. The van der Waals surface area contributed by atoms with E-state index in [1.807, 2.05) is 0 Å². The molecule has 0 aliphatic carbocycles. The first-order chi connectivity index (χ1) is 9.13. The fourth-order valence-corrected chi connectivity index (χ4v) is 2.33. The number of halogens is 1. The summed E-state index contributed by atoms with van der Waals surface area (Å²) in [6, 6.07) is 5.14. The second-order valence-electron chi connectivity index (χ2n) is 3.89. The van der Waals surface area contributed by atoms with Gasteiger partial charge in [-0.15, -0.1) is 0 Å². The van der Waals surface area contributed by atoms with E-state index in [1.165, 1.54) is 6.33 Å². The number of anilines is 1. The van der Waals surface area contributed by atoms with Crippen molar-refractivity contribution in [3.05, 3.63) is 36.0 Å². The molecule has 7 heteroatoms. The van der Waals surface area contributed by atoms with E-state index in [1.54, 1.807) is 25.1 Å². The molecule has 0 aliphatic rings. The predicted octanol–water partition coefficient (Wildman–Crippen LogP) is 2.80. The number of aromatic nitrogens is 3. The number of hydrogen-bond donors (Lipinski definition) is 1. The standard InChI is InChI=1S/C12H9FN4OS/c1-6-10(13)11(16-5-15-6)19-12-17-8-4-7(14)2-3-9(8)18-12/h2-5H,14H2,1H3. The van der Waals surface area contributed by atoms with Crippen molar-refractivity contribution in [1.29, 1.82) is 0 Å². The van der Waals surface area contributed by atoms with Crippen molar-refractivity contribution in [2.24, 2.45) is 0 Å². The van der Waals surface area contributed by atoms with Gasteiger partial charge in [-0.2, -0.15) is 0 Å². The molecule has 1 aromatic carbocycles. The lowest BCUT2D eigenvalue weighted by Crippen LogP contribution is -1.93. The molecule has 0 spiro atoms. The number of oxazole rings is 1. The minimum absolute atomic E-state index is 0.187. The van der Waals surface area contributed by atoms with Gasteiger partial charge in [-0.1, -0.05) is 0 Å². The summed E-state index contributed by atoms with van der Waals surface area (Å²) in [5.74, 6) is -0.464. The molecule has 96 valence electrons. The van der Waals surface area contributed by atoms with Crippen LogP contribution in [0.15, 0.2) is 39.2 Å². The second-order valence-corrected chi connectivity index (χ2v) is 4.83. The third kappa shape index (κ3) is 2.24. The Morgan fingerprint density at radius 3 is 3.00 bits per heavy atom. The van der Waals surface area contributed by atoms with Gasteiger partial charge in [-0.3, -0.25) is 0 Å². The van der Waals surface area contributed by atoms with Gasteiger partial charge in [0.25, 0.3) is 5.22 Å². The molecule has 2 N–H and O–H groups in total. The van der Waals surface area contributed by atoms with E-state index >= 15 is 0 Å². The fraction of sp³-hybridized carbons (Fsp3) is 0.0833. The third-order valence-electron chi connectivity index (χ3n) is 2.51. The summed E-state index contributed by atoms with van der Waals surface area (Å²) in [6.07, 6.45) is 1.31. The number of hydrogen-bond acceptors (Lipinski definition) is 6. The van der Waals surface area contributed by atoms with Crippen LogP contribution in [0.1, 0.15) is 5.69 Å². The summed E-state index contributed by atoms with van der Waals surface area (Å²) >= 11 is 1.02. The Morgan fingerprint density at radius 1 is 1.32 bits per heavy atom. The van der Waals surface area contributed by atoms with Crippen LogP contribution >= 0.6 is 11.8 Å². The Hall–Kier alpha value is -2.15. The highest BCUT2D eigenvalue weighted by Gasteiger charge is 2.13. The summed E-state index contributed by atoms with van der Waals surface area (Å²) < 4.78 is 19.3. The Balaban J connectivity index is 1.99. The number of fused-ring (bicyclic) bond motifs is 1. The average molecular weight is 276 g/mol. The van der Waals surface area contributed by atoms with E-state index in [-0.39, 0.29) is 10.7 Å². The quantitative estimate of drug-likeness (QED) is 0.573. The molecule has 0 unspecified atom stereocenters. The van der Waals surface area contributed by atoms with Crippen LogP contribution in [0.25, 0.3) is 11.1 Å².